The Hall–Kier alpha value is -2.28. The van der Waals surface area contributed by atoms with Gasteiger partial charge in [0.2, 0.25) is 11.8 Å². The fourth-order valence-corrected chi connectivity index (χ4v) is 1.42. The molecular weight excluding hydrogens is 277 g/mol. The van der Waals surface area contributed by atoms with Gasteiger partial charge in [-0.1, -0.05) is 12.1 Å². The second-order valence-electron chi connectivity index (χ2n) is 4.22. The van der Waals surface area contributed by atoms with Crippen LogP contribution in [0.5, 0.6) is 0 Å². The van der Waals surface area contributed by atoms with E-state index in [1.165, 1.54) is 30.5 Å². The second-order valence-corrected chi connectivity index (χ2v) is 4.22. The minimum absolute atomic E-state index is 0.298. The van der Waals surface area contributed by atoms with Crippen molar-refractivity contribution in [3.8, 4) is 0 Å². The third-order valence-electron chi connectivity index (χ3n) is 2.44. The van der Waals surface area contributed by atoms with Crippen molar-refractivity contribution < 1.29 is 18.7 Å². The number of carbonyl (C=O) groups excluding carboxylic acids is 2. The molecule has 0 saturated carbocycles. The van der Waals surface area contributed by atoms with Crippen molar-refractivity contribution in [3.63, 3.8) is 0 Å². The summed E-state index contributed by atoms with van der Waals surface area (Å²) in [6, 6.07) is 5.62. The van der Waals surface area contributed by atoms with Crippen LogP contribution in [0.25, 0.3) is 0 Å². The molecule has 21 heavy (non-hydrogen) atoms. The van der Waals surface area contributed by atoms with Gasteiger partial charge in [0.1, 0.15) is 12.2 Å². The highest BCUT2D eigenvalue weighted by Crippen LogP contribution is 1.99. The molecule has 0 radical (unpaired) electrons. The quantitative estimate of drug-likeness (QED) is 0.322. The fraction of sp³-hybridized carbons (Fsp3) is 0.357. The average molecular weight is 295 g/mol. The number of methoxy groups -OCH3 is 1. The third kappa shape index (κ3) is 7.78. The molecule has 0 spiro atoms. The molecule has 0 unspecified atom stereocenters. The molecule has 2 N–H and O–H groups in total. The van der Waals surface area contributed by atoms with E-state index >= 15 is 0 Å². The van der Waals surface area contributed by atoms with Crippen LogP contribution in [0.15, 0.2) is 29.4 Å². The lowest BCUT2D eigenvalue weighted by Gasteiger charge is -2.03. The lowest BCUT2D eigenvalue weighted by molar-refractivity contribution is -0.129. The van der Waals surface area contributed by atoms with Crippen LogP contribution in [0.3, 0.4) is 0 Å². The molecule has 0 aromatic heterocycles. The number of rotatable bonds is 8. The Balaban J connectivity index is 2.24. The van der Waals surface area contributed by atoms with Crippen LogP contribution in [-0.2, 0) is 14.3 Å². The molecule has 0 aliphatic heterocycles. The number of hydrogen-bond acceptors (Lipinski definition) is 4. The van der Waals surface area contributed by atoms with E-state index in [4.69, 9.17) is 4.74 Å². The van der Waals surface area contributed by atoms with Gasteiger partial charge in [-0.25, -0.2) is 9.82 Å². The SMILES string of the molecule is COCCCNC(=O)CC(=O)N/N=C\c1ccc(F)cc1. The zero-order valence-electron chi connectivity index (χ0n) is 11.8. The summed E-state index contributed by atoms with van der Waals surface area (Å²) in [6.07, 6.45) is 1.76. The van der Waals surface area contributed by atoms with E-state index in [0.717, 1.165) is 0 Å². The van der Waals surface area contributed by atoms with Crippen LogP contribution in [0, 0.1) is 5.82 Å². The zero-order valence-corrected chi connectivity index (χ0v) is 11.8. The summed E-state index contributed by atoms with van der Waals surface area (Å²) in [6.45, 7) is 1.01. The number of carbonyl (C=O) groups is 2. The van der Waals surface area contributed by atoms with Gasteiger partial charge in [-0.3, -0.25) is 9.59 Å². The number of hydrazone groups is 1. The van der Waals surface area contributed by atoms with Crippen LogP contribution in [-0.4, -0.2) is 38.3 Å². The van der Waals surface area contributed by atoms with Crippen LogP contribution >= 0.6 is 0 Å². The fourth-order valence-electron chi connectivity index (χ4n) is 1.42. The maximum Gasteiger partial charge on any atom is 0.249 e. The first-order valence-corrected chi connectivity index (χ1v) is 6.45. The summed E-state index contributed by atoms with van der Waals surface area (Å²) in [4.78, 5) is 22.8. The molecule has 0 aliphatic rings. The molecule has 0 fully saturated rings. The number of nitrogens with one attached hydrogen (secondary N) is 2. The molecule has 0 saturated heterocycles. The van der Waals surface area contributed by atoms with Gasteiger partial charge in [0.15, 0.2) is 0 Å². The smallest absolute Gasteiger partial charge is 0.249 e. The molecule has 0 bridgehead atoms. The van der Waals surface area contributed by atoms with Crippen molar-refractivity contribution in [2.24, 2.45) is 5.10 Å². The number of nitrogens with zero attached hydrogens (tertiary/aromatic N) is 1. The Morgan fingerprint density at radius 2 is 2.00 bits per heavy atom. The van der Waals surface area contributed by atoms with E-state index < -0.39 is 5.91 Å². The van der Waals surface area contributed by atoms with E-state index in [1.54, 1.807) is 7.11 Å². The largest absolute Gasteiger partial charge is 0.385 e. The van der Waals surface area contributed by atoms with E-state index in [1.807, 2.05) is 0 Å². The van der Waals surface area contributed by atoms with Crippen molar-refractivity contribution in [3.05, 3.63) is 35.6 Å². The number of benzene rings is 1. The highest BCUT2D eigenvalue weighted by atomic mass is 19.1. The molecule has 1 aromatic carbocycles. The van der Waals surface area contributed by atoms with Gasteiger partial charge in [-0.15, -0.1) is 0 Å². The van der Waals surface area contributed by atoms with E-state index in [0.29, 0.717) is 25.1 Å². The topological polar surface area (TPSA) is 79.8 Å². The standard InChI is InChI=1S/C14H18FN3O3/c1-21-8-2-7-16-13(19)9-14(20)18-17-10-11-3-5-12(15)6-4-11/h3-6,10H,2,7-9H2,1H3,(H,16,19)(H,18,20)/b17-10-. The van der Waals surface area contributed by atoms with E-state index in [9.17, 15) is 14.0 Å². The Bertz CT molecular complexity index is 489. The second kappa shape index (κ2) is 9.60. The lowest BCUT2D eigenvalue weighted by atomic mass is 10.2. The van der Waals surface area contributed by atoms with E-state index in [-0.39, 0.29) is 18.1 Å². The minimum atomic E-state index is -0.516. The number of amides is 2. The Morgan fingerprint density at radius 3 is 2.67 bits per heavy atom. The Kier molecular flexibility index (Phi) is 7.67. The summed E-state index contributed by atoms with van der Waals surface area (Å²) in [5.74, 6) is -1.24. The number of hydrogen-bond donors (Lipinski definition) is 2. The first-order valence-electron chi connectivity index (χ1n) is 6.45. The van der Waals surface area contributed by atoms with Crippen LogP contribution in [0.2, 0.25) is 0 Å². The average Bonchev–Trinajstić information content (AvgIpc) is 2.46. The molecular formula is C14H18FN3O3. The minimum Gasteiger partial charge on any atom is -0.385 e. The molecule has 114 valence electrons. The van der Waals surface area contributed by atoms with Crippen LogP contribution < -0.4 is 10.7 Å². The van der Waals surface area contributed by atoms with Gasteiger partial charge >= 0.3 is 0 Å². The van der Waals surface area contributed by atoms with Crippen molar-refractivity contribution in [1.82, 2.24) is 10.7 Å². The number of ether oxygens (including phenoxy) is 1. The van der Waals surface area contributed by atoms with Crippen molar-refractivity contribution in [1.29, 1.82) is 0 Å². The maximum absolute atomic E-state index is 12.7. The molecule has 6 nitrogen and oxygen atoms in total. The maximum atomic E-state index is 12.7. The molecule has 1 aromatic rings. The predicted octanol–water partition coefficient (Wildman–Crippen LogP) is 0.819. The lowest BCUT2D eigenvalue weighted by Crippen LogP contribution is -2.30. The number of halogens is 1. The first-order chi connectivity index (χ1) is 10.1. The third-order valence-corrected chi connectivity index (χ3v) is 2.44. The highest BCUT2D eigenvalue weighted by molar-refractivity contribution is 5.97. The van der Waals surface area contributed by atoms with Crippen molar-refractivity contribution >= 4 is 18.0 Å². The summed E-state index contributed by atoms with van der Waals surface area (Å²) in [5.41, 5.74) is 2.87. The highest BCUT2D eigenvalue weighted by Gasteiger charge is 2.07. The Morgan fingerprint density at radius 1 is 1.29 bits per heavy atom. The summed E-state index contributed by atoms with van der Waals surface area (Å²) in [5, 5.41) is 6.28. The molecule has 2 amide bonds. The molecule has 7 heteroatoms. The van der Waals surface area contributed by atoms with Gasteiger partial charge in [-0.05, 0) is 24.1 Å². The van der Waals surface area contributed by atoms with Gasteiger partial charge < -0.3 is 10.1 Å². The summed E-state index contributed by atoms with van der Waals surface area (Å²) in [7, 11) is 1.58. The predicted molar refractivity (Wildman–Crippen MR) is 76.3 cm³/mol. The van der Waals surface area contributed by atoms with Gasteiger partial charge in [0.05, 0.1) is 6.21 Å². The Labute approximate surface area is 122 Å². The molecule has 1 rings (SSSR count). The van der Waals surface area contributed by atoms with Crippen LogP contribution in [0.1, 0.15) is 18.4 Å². The molecule has 0 aliphatic carbocycles. The monoisotopic (exact) mass is 295 g/mol. The van der Waals surface area contributed by atoms with Gasteiger partial charge in [0, 0.05) is 20.3 Å². The van der Waals surface area contributed by atoms with Crippen LogP contribution in [0.4, 0.5) is 4.39 Å². The van der Waals surface area contributed by atoms with Gasteiger partial charge in [-0.2, -0.15) is 5.10 Å². The normalized spacial score (nSPS) is 10.6. The summed E-state index contributed by atoms with van der Waals surface area (Å²) < 4.78 is 17.5. The van der Waals surface area contributed by atoms with E-state index in [2.05, 4.69) is 15.8 Å². The summed E-state index contributed by atoms with van der Waals surface area (Å²) >= 11 is 0. The first kappa shape index (κ1) is 16.8. The van der Waals surface area contributed by atoms with Gasteiger partial charge in [0.25, 0.3) is 0 Å². The zero-order chi connectivity index (χ0) is 15.5. The van der Waals surface area contributed by atoms with Crippen molar-refractivity contribution in [2.45, 2.75) is 12.8 Å². The molecule has 0 heterocycles. The molecule has 0 atom stereocenters. The van der Waals surface area contributed by atoms with Crippen molar-refractivity contribution in [2.75, 3.05) is 20.3 Å².